The van der Waals surface area contributed by atoms with Gasteiger partial charge in [-0.3, -0.25) is 9.10 Å². The number of hydrogen-bond acceptors (Lipinski definition) is 7. The van der Waals surface area contributed by atoms with Gasteiger partial charge in [0.05, 0.1) is 24.8 Å². The van der Waals surface area contributed by atoms with Crippen LogP contribution in [-0.2, 0) is 14.8 Å². The predicted octanol–water partition coefficient (Wildman–Crippen LogP) is 3.94. The van der Waals surface area contributed by atoms with Crippen molar-refractivity contribution in [2.24, 2.45) is 0 Å². The van der Waals surface area contributed by atoms with Gasteiger partial charge in [-0.25, -0.2) is 8.42 Å². The van der Waals surface area contributed by atoms with Crippen molar-refractivity contribution in [2.75, 3.05) is 68.5 Å². The fourth-order valence-corrected chi connectivity index (χ4v) is 5.74. The van der Waals surface area contributed by atoms with Gasteiger partial charge in [-0.1, -0.05) is 11.6 Å². The second kappa shape index (κ2) is 11.9. The maximum Gasteiger partial charge on any atom is 0.264 e. The number of nitrogens with one attached hydrogen (secondary N) is 1. The summed E-state index contributed by atoms with van der Waals surface area (Å²) in [5, 5.41) is 3.26. The summed E-state index contributed by atoms with van der Waals surface area (Å²) < 4.78 is 39.0. The van der Waals surface area contributed by atoms with E-state index in [1.54, 1.807) is 24.3 Å². The maximum absolute atomic E-state index is 13.7. The minimum Gasteiger partial charge on any atom is -0.493 e. The number of anilines is 3. The van der Waals surface area contributed by atoms with Crippen molar-refractivity contribution in [3.8, 4) is 11.5 Å². The number of benzene rings is 3. The molecule has 0 atom stereocenters. The Labute approximate surface area is 228 Å². The number of halogens is 1. The molecule has 9 nitrogen and oxygen atoms in total. The van der Waals surface area contributed by atoms with Crippen LogP contribution in [0.2, 0.25) is 5.02 Å². The van der Waals surface area contributed by atoms with Gasteiger partial charge in [0.25, 0.3) is 10.0 Å². The third kappa shape index (κ3) is 6.32. The highest BCUT2D eigenvalue weighted by Gasteiger charge is 2.28. The SMILES string of the molecule is COc1ccc(S(=O)(=O)N(CC(=O)Nc2ccc(N3CCN(C)CC3)cc2)c2ccc(Cl)cc2)cc1OC. The van der Waals surface area contributed by atoms with Crippen molar-refractivity contribution in [3.63, 3.8) is 0 Å². The van der Waals surface area contributed by atoms with Gasteiger partial charge in [-0.15, -0.1) is 0 Å². The molecular weight excluding hydrogens is 528 g/mol. The van der Waals surface area contributed by atoms with Gasteiger partial charge >= 0.3 is 0 Å². The second-order valence-electron chi connectivity index (χ2n) is 8.89. The zero-order valence-corrected chi connectivity index (χ0v) is 23.1. The number of rotatable bonds is 9. The lowest BCUT2D eigenvalue weighted by Gasteiger charge is -2.34. The first kappa shape index (κ1) is 27.6. The molecule has 3 aromatic rings. The van der Waals surface area contributed by atoms with E-state index in [1.165, 1.54) is 32.4 Å². The Bertz CT molecular complexity index is 1360. The third-order valence-electron chi connectivity index (χ3n) is 6.36. The number of amides is 1. The van der Waals surface area contributed by atoms with Gasteiger partial charge in [0.15, 0.2) is 11.5 Å². The van der Waals surface area contributed by atoms with Crippen LogP contribution in [0.5, 0.6) is 11.5 Å². The molecule has 0 saturated carbocycles. The molecule has 4 rings (SSSR count). The summed E-state index contributed by atoms with van der Waals surface area (Å²) in [6.45, 7) is 3.41. The first-order valence-electron chi connectivity index (χ1n) is 12.0. The molecule has 1 amide bonds. The number of ether oxygens (including phenoxy) is 2. The predicted molar refractivity (Wildman–Crippen MR) is 150 cm³/mol. The summed E-state index contributed by atoms with van der Waals surface area (Å²) >= 11 is 6.03. The topological polar surface area (TPSA) is 91.4 Å². The Morgan fingerprint density at radius 1 is 0.921 bits per heavy atom. The Balaban J connectivity index is 1.55. The zero-order valence-electron chi connectivity index (χ0n) is 21.6. The van der Waals surface area contributed by atoms with Gasteiger partial charge in [0, 0.05) is 48.6 Å². The minimum absolute atomic E-state index is 0.0468. The van der Waals surface area contributed by atoms with Gasteiger partial charge in [0.2, 0.25) is 5.91 Å². The van der Waals surface area contributed by atoms with E-state index in [4.69, 9.17) is 21.1 Å². The number of methoxy groups -OCH3 is 2. The lowest BCUT2D eigenvalue weighted by Crippen LogP contribution is -2.44. The van der Waals surface area contributed by atoms with E-state index < -0.39 is 22.5 Å². The minimum atomic E-state index is -4.15. The number of carbonyl (C=O) groups excluding carboxylic acids is 1. The molecule has 0 aliphatic carbocycles. The van der Waals surface area contributed by atoms with Crippen molar-refractivity contribution in [3.05, 3.63) is 71.8 Å². The monoisotopic (exact) mass is 558 g/mol. The molecule has 11 heteroatoms. The number of sulfonamides is 1. The number of carbonyl (C=O) groups is 1. The molecular formula is C27H31ClN4O5S. The molecule has 202 valence electrons. The van der Waals surface area contributed by atoms with Gasteiger partial charge in [0.1, 0.15) is 6.54 Å². The van der Waals surface area contributed by atoms with E-state index in [0.717, 1.165) is 36.2 Å². The lowest BCUT2D eigenvalue weighted by molar-refractivity contribution is -0.114. The van der Waals surface area contributed by atoms with E-state index in [9.17, 15) is 13.2 Å². The molecule has 1 fully saturated rings. The number of hydrogen-bond donors (Lipinski definition) is 1. The summed E-state index contributed by atoms with van der Waals surface area (Å²) in [7, 11) is 0.842. The Morgan fingerprint density at radius 3 is 2.16 bits per heavy atom. The smallest absolute Gasteiger partial charge is 0.264 e. The fraction of sp³-hybridized carbons (Fsp3) is 0.296. The molecule has 0 radical (unpaired) electrons. The van der Waals surface area contributed by atoms with Crippen LogP contribution in [0.3, 0.4) is 0 Å². The third-order valence-corrected chi connectivity index (χ3v) is 8.39. The maximum atomic E-state index is 13.7. The van der Waals surface area contributed by atoms with E-state index in [-0.39, 0.29) is 10.6 Å². The van der Waals surface area contributed by atoms with Crippen molar-refractivity contribution >= 4 is 44.6 Å². The van der Waals surface area contributed by atoms with Crippen LogP contribution >= 0.6 is 11.6 Å². The van der Waals surface area contributed by atoms with Crippen molar-refractivity contribution < 1.29 is 22.7 Å². The van der Waals surface area contributed by atoms with Crippen LogP contribution in [0.4, 0.5) is 17.1 Å². The lowest BCUT2D eigenvalue weighted by atomic mass is 10.2. The highest BCUT2D eigenvalue weighted by atomic mass is 35.5. The Morgan fingerprint density at radius 2 is 1.55 bits per heavy atom. The highest BCUT2D eigenvalue weighted by molar-refractivity contribution is 7.92. The van der Waals surface area contributed by atoms with Crippen molar-refractivity contribution in [1.82, 2.24) is 4.90 Å². The van der Waals surface area contributed by atoms with Crippen LogP contribution in [0.1, 0.15) is 0 Å². The van der Waals surface area contributed by atoms with Crippen LogP contribution in [0.25, 0.3) is 0 Å². The van der Waals surface area contributed by atoms with Gasteiger partial charge < -0.3 is 24.6 Å². The molecule has 1 aliphatic rings. The van der Waals surface area contributed by atoms with Crippen LogP contribution in [0, 0.1) is 0 Å². The zero-order chi connectivity index (χ0) is 27.3. The van der Waals surface area contributed by atoms with E-state index in [2.05, 4.69) is 22.2 Å². The molecule has 0 spiro atoms. The van der Waals surface area contributed by atoms with Gasteiger partial charge in [-0.2, -0.15) is 0 Å². The molecule has 38 heavy (non-hydrogen) atoms. The average molecular weight is 559 g/mol. The largest absolute Gasteiger partial charge is 0.493 e. The van der Waals surface area contributed by atoms with E-state index in [0.29, 0.717) is 22.1 Å². The molecule has 0 unspecified atom stereocenters. The van der Waals surface area contributed by atoms with Crippen LogP contribution in [-0.4, -0.2) is 73.2 Å². The fourth-order valence-electron chi connectivity index (χ4n) is 4.18. The number of piperazine rings is 1. The first-order valence-corrected chi connectivity index (χ1v) is 13.9. The number of nitrogens with zero attached hydrogens (tertiary/aromatic N) is 3. The van der Waals surface area contributed by atoms with E-state index in [1.807, 2.05) is 24.3 Å². The molecule has 1 aliphatic heterocycles. The molecule has 1 heterocycles. The summed E-state index contributed by atoms with van der Waals surface area (Å²) in [6, 6.07) is 18.1. The van der Waals surface area contributed by atoms with Crippen molar-refractivity contribution in [2.45, 2.75) is 4.90 Å². The summed E-state index contributed by atoms with van der Waals surface area (Å²) in [5.74, 6) is 0.160. The normalized spacial score (nSPS) is 14.2. The summed E-state index contributed by atoms with van der Waals surface area (Å²) in [6.07, 6.45) is 0. The van der Waals surface area contributed by atoms with Gasteiger partial charge in [-0.05, 0) is 67.7 Å². The molecule has 1 N–H and O–H groups in total. The molecule has 0 aromatic heterocycles. The van der Waals surface area contributed by atoms with Crippen LogP contribution < -0.4 is 24.0 Å². The Kier molecular flexibility index (Phi) is 8.65. The van der Waals surface area contributed by atoms with Crippen LogP contribution in [0.15, 0.2) is 71.6 Å². The number of likely N-dealkylation sites (N-methyl/N-ethyl adjacent to an activating group) is 1. The molecule has 1 saturated heterocycles. The summed E-state index contributed by atoms with van der Waals surface area (Å²) in [4.78, 5) is 17.6. The quantitative estimate of drug-likeness (QED) is 0.425. The van der Waals surface area contributed by atoms with Crippen molar-refractivity contribution in [1.29, 1.82) is 0 Å². The first-order chi connectivity index (χ1) is 18.2. The standard InChI is InChI=1S/C27H31ClN4O5S/c1-30-14-16-31(17-15-30)22-10-6-21(7-11-22)29-27(33)19-32(23-8-4-20(28)5-9-23)38(34,35)24-12-13-25(36-2)26(18-24)37-3/h4-13,18H,14-17,19H2,1-3H3,(H,29,33). The second-order valence-corrected chi connectivity index (χ2v) is 11.2. The molecule has 3 aromatic carbocycles. The summed E-state index contributed by atoms with van der Waals surface area (Å²) in [5.41, 5.74) is 1.95. The average Bonchev–Trinajstić information content (AvgIpc) is 2.92. The molecule has 0 bridgehead atoms. The highest BCUT2D eigenvalue weighted by Crippen LogP contribution is 2.32. The van der Waals surface area contributed by atoms with E-state index >= 15 is 0 Å². The Hall–Kier alpha value is -3.47.